The summed E-state index contributed by atoms with van der Waals surface area (Å²) < 4.78 is 5.39. The first-order valence-electron chi connectivity index (χ1n) is 8.15. The molecule has 1 aromatic carbocycles. The number of rotatable bonds is 3. The van der Waals surface area contributed by atoms with Gasteiger partial charge in [-0.2, -0.15) is 0 Å². The second-order valence-corrected chi connectivity index (χ2v) is 7.01. The van der Waals surface area contributed by atoms with Crippen LogP contribution in [0.5, 0.6) is 0 Å². The molecule has 2 rings (SSSR count). The van der Waals surface area contributed by atoms with E-state index >= 15 is 0 Å². The number of amides is 1. The van der Waals surface area contributed by atoms with E-state index in [0.29, 0.717) is 19.0 Å². The van der Waals surface area contributed by atoms with E-state index in [0.717, 1.165) is 18.4 Å². The first-order valence-corrected chi connectivity index (χ1v) is 8.15. The fourth-order valence-electron chi connectivity index (χ4n) is 2.56. The molecular weight excluding hydrogens is 308 g/mol. The van der Waals surface area contributed by atoms with Gasteiger partial charge in [-0.05, 0) is 57.2 Å². The van der Waals surface area contributed by atoms with Crippen molar-refractivity contribution in [3.63, 3.8) is 0 Å². The lowest BCUT2D eigenvalue weighted by molar-refractivity contribution is -0.384. The average Bonchev–Trinajstić information content (AvgIpc) is 2.52. The van der Waals surface area contributed by atoms with E-state index in [2.05, 4.69) is 6.08 Å². The van der Waals surface area contributed by atoms with Crippen LogP contribution >= 0.6 is 0 Å². The Balaban J connectivity index is 1.84. The van der Waals surface area contributed by atoms with Crippen molar-refractivity contribution in [2.24, 2.45) is 5.92 Å². The number of non-ortho nitro benzene ring substituents is 1. The maximum absolute atomic E-state index is 12.0. The predicted octanol–water partition coefficient (Wildman–Crippen LogP) is 4.26. The van der Waals surface area contributed by atoms with Gasteiger partial charge in [-0.15, -0.1) is 0 Å². The average molecular weight is 332 g/mol. The number of nitro groups is 1. The minimum Gasteiger partial charge on any atom is -0.444 e. The summed E-state index contributed by atoms with van der Waals surface area (Å²) in [5, 5.41) is 10.6. The molecule has 1 aliphatic rings. The van der Waals surface area contributed by atoms with Crippen LogP contribution in [0.2, 0.25) is 0 Å². The van der Waals surface area contributed by atoms with E-state index in [1.165, 1.54) is 12.1 Å². The van der Waals surface area contributed by atoms with Crippen LogP contribution in [0.15, 0.2) is 30.3 Å². The molecule has 1 saturated heterocycles. The Morgan fingerprint density at radius 1 is 1.25 bits per heavy atom. The van der Waals surface area contributed by atoms with Gasteiger partial charge in [0.05, 0.1) is 4.92 Å². The number of allylic oxidation sites excluding steroid dienone is 1. The smallest absolute Gasteiger partial charge is 0.410 e. The summed E-state index contributed by atoms with van der Waals surface area (Å²) in [5.41, 5.74) is 0.567. The van der Waals surface area contributed by atoms with Gasteiger partial charge < -0.3 is 9.64 Å². The van der Waals surface area contributed by atoms with E-state index in [4.69, 9.17) is 4.74 Å². The maximum Gasteiger partial charge on any atom is 0.410 e. The Morgan fingerprint density at radius 2 is 1.83 bits per heavy atom. The van der Waals surface area contributed by atoms with E-state index in [9.17, 15) is 14.9 Å². The van der Waals surface area contributed by atoms with E-state index in [1.54, 1.807) is 17.0 Å². The number of carbonyl (C=O) groups excluding carboxylic acids is 1. The largest absolute Gasteiger partial charge is 0.444 e. The molecule has 6 heteroatoms. The highest BCUT2D eigenvalue weighted by Gasteiger charge is 2.25. The van der Waals surface area contributed by atoms with Crippen molar-refractivity contribution in [2.45, 2.75) is 39.2 Å². The summed E-state index contributed by atoms with van der Waals surface area (Å²) in [5.74, 6) is 0.402. The van der Waals surface area contributed by atoms with Crippen LogP contribution < -0.4 is 0 Å². The van der Waals surface area contributed by atoms with Crippen molar-refractivity contribution in [1.82, 2.24) is 4.90 Å². The molecule has 1 amide bonds. The molecule has 0 N–H and O–H groups in total. The number of hydrogen-bond donors (Lipinski definition) is 0. The van der Waals surface area contributed by atoms with Gasteiger partial charge >= 0.3 is 6.09 Å². The second-order valence-electron chi connectivity index (χ2n) is 7.01. The third-order valence-corrected chi connectivity index (χ3v) is 3.86. The standard InChI is InChI=1S/C18H24N2O4/c1-18(2,3)24-17(21)19-12-10-15(11-13-19)5-4-14-6-8-16(9-7-14)20(22)23/h4-9,15H,10-13H2,1-3H3. The molecule has 24 heavy (non-hydrogen) atoms. The van der Waals surface area contributed by atoms with Crippen molar-refractivity contribution < 1.29 is 14.5 Å². The van der Waals surface area contributed by atoms with Gasteiger partial charge in [0, 0.05) is 25.2 Å². The van der Waals surface area contributed by atoms with Crippen LogP contribution in [0.3, 0.4) is 0 Å². The SMILES string of the molecule is CC(C)(C)OC(=O)N1CCC(C=Cc2ccc([N+](=O)[O-])cc2)CC1. The predicted molar refractivity (Wildman–Crippen MR) is 92.7 cm³/mol. The van der Waals surface area contributed by atoms with E-state index in [-0.39, 0.29) is 11.8 Å². The number of likely N-dealkylation sites (tertiary alicyclic amines) is 1. The van der Waals surface area contributed by atoms with Crippen molar-refractivity contribution >= 4 is 17.9 Å². The van der Waals surface area contributed by atoms with Crippen LogP contribution in [0.1, 0.15) is 39.2 Å². The maximum atomic E-state index is 12.0. The highest BCUT2D eigenvalue weighted by Crippen LogP contribution is 2.22. The Hall–Kier alpha value is -2.37. The Labute approximate surface area is 142 Å². The molecule has 0 aliphatic carbocycles. The van der Waals surface area contributed by atoms with Crippen molar-refractivity contribution in [2.75, 3.05) is 13.1 Å². The fourth-order valence-corrected chi connectivity index (χ4v) is 2.56. The lowest BCUT2D eigenvalue weighted by Gasteiger charge is -2.32. The van der Waals surface area contributed by atoms with E-state index < -0.39 is 10.5 Å². The molecule has 1 heterocycles. The number of ether oxygens (including phenoxy) is 1. The van der Waals surface area contributed by atoms with Crippen LogP contribution in [-0.4, -0.2) is 34.6 Å². The molecule has 1 aromatic rings. The molecule has 6 nitrogen and oxygen atoms in total. The third-order valence-electron chi connectivity index (χ3n) is 3.86. The summed E-state index contributed by atoms with van der Waals surface area (Å²) in [6, 6.07) is 6.49. The van der Waals surface area contributed by atoms with Gasteiger partial charge in [0.1, 0.15) is 5.60 Å². The van der Waals surface area contributed by atoms with Crippen molar-refractivity contribution in [1.29, 1.82) is 0 Å². The molecule has 0 atom stereocenters. The lowest BCUT2D eigenvalue weighted by atomic mass is 9.96. The van der Waals surface area contributed by atoms with Crippen LogP contribution in [0.25, 0.3) is 6.08 Å². The highest BCUT2D eigenvalue weighted by atomic mass is 16.6. The number of benzene rings is 1. The number of piperidine rings is 1. The Bertz CT molecular complexity index is 609. The zero-order valence-corrected chi connectivity index (χ0v) is 14.4. The Morgan fingerprint density at radius 3 is 2.33 bits per heavy atom. The fraction of sp³-hybridized carbons (Fsp3) is 0.500. The van der Waals surface area contributed by atoms with Gasteiger partial charge in [0.2, 0.25) is 0 Å². The third kappa shape index (κ3) is 5.37. The van der Waals surface area contributed by atoms with Crippen molar-refractivity contribution in [3.8, 4) is 0 Å². The monoisotopic (exact) mass is 332 g/mol. The minimum absolute atomic E-state index is 0.0952. The summed E-state index contributed by atoms with van der Waals surface area (Å²) in [7, 11) is 0. The number of carbonyl (C=O) groups is 1. The molecule has 0 saturated carbocycles. The van der Waals surface area contributed by atoms with Gasteiger partial charge in [-0.1, -0.05) is 12.2 Å². The Kier molecular flexibility index (Phi) is 5.59. The van der Waals surface area contributed by atoms with Crippen LogP contribution in [0.4, 0.5) is 10.5 Å². The summed E-state index contributed by atoms with van der Waals surface area (Å²) in [4.78, 5) is 24.0. The van der Waals surface area contributed by atoms with Gasteiger partial charge in [-0.25, -0.2) is 4.79 Å². The lowest BCUT2D eigenvalue weighted by Crippen LogP contribution is -2.41. The van der Waals surface area contributed by atoms with Crippen molar-refractivity contribution in [3.05, 3.63) is 46.0 Å². The second kappa shape index (κ2) is 7.47. The molecule has 1 fully saturated rings. The van der Waals surface area contributed by atoms with Gasteiger partial charge in [-0.3, -0.25) is 10.1 Å². The normalized spacial score (nSPS) is 16.4. The molecule has 0 unspecified atom stereocenters. The minimum atomic E-state index is -0.468. The molecular formula is C18H24N2O4. The van der Waals surface area contributed by atoms with E-state index in [1.807, 2.05) is 26.8 Å². The topological polar surface area (TPSA) is 72.7 Å². The first kappa shape index (κ1) is 18.0. The quantitative estimate of drug-likeness (QED) is 0.612. The van der Waals surface area contributed by atoms with Gasteiger partial charge in [0.25, 0.3) is 5.69 Å². The van der Waals surface area contributed by atoms with Crippen LogP contribution in [-0.2, 0) is 4.74 Å². The highest BCUT2D eigenvalue weighted by molar-refractivity contribution is 5.68. The number of nitro benzene ring substituents is 1. The number of hydrogen-bond acceptors (Lipinski definition) is 4. The first-order chi connectivity index (χ1) is 11.2. The summed E-state index contributed by atoms with van der Waals surface area (Å²) >= 11 is 0. The summed E-state index contributed by atoms with van der Waals surface area (Å²) in [6.45, 7) is 6.97. The number of nitrogens with zero attached hydrogens (tertiary/aromatic N) is 2. The molecule has 0 spiro atoms. The molecule has 130 valence electrons. The molecule has 0 bridgehead atoms. The zero-order valence-electron chi connectivity index (χ0n) is 14.4. The zero-order chi connectivity index (χ0) is 17.7. The molecule has 0 aromatic heterocycles. The van der Waals surface area contributed by atoms with Gasteiger partial charge in [0.15, 0.2) is 0 Å². The molecule has 0 radical (unpaired) electrons. The summed E-state index contributed by atoms with van der Waals surface area (Å²) in [6.07, 6.45) is 5.64. The molecule has 1 aliphatic heterocycles. The van der Waals surface area contributed by atoms with Crippen LogP contribution in [0, 0.1) is 16.0 Å².